The predicted octanol–water partition coefficient (Wildman–Crippen LogP) is 1.08. The van der Waals surface area contributed by atoms with Gasteiger partial charge in [0.2, 0.25) is 0 Å². The fraction of sp³-hybridized carbons (Fsp3) is 0.536. The van der Waals surface area contributed by atoms with Crippen molar-refractivity contribution in [3.8, 4) is 5.75 Å². The Morgan fingerprint density at radius 1 is 1.26 bits per heavy atom. The average molecular weight is 681 g/mol. The van der Waals surface area contributed by atoms with Crippen molar-refractivity contribution in [2.45, 2.75) is 45.2 Å². The second-order valence-electron chi connectivity index (χ2n) is 11.7. The van der Waals surface area contributed by atoms with E-state index >= 15 is 0 Å². The molecule has 0 spiro atoms. The van der Waals surface area contributed by atoms with E-state index in [1.54, 1.807) is 0 Å². The van der Waals surface area contributed by atoms with Crippen LogP contribution in [0.3, 0.4) is 0 Å². The van der Waals surface area contributed by atoms with Gasteiger partial charge in [0.1, 0.15) is 18.1 Å². The Labute approximate surface area is 271 Å². The van der Waals surface area contributed by atoms with Gasteiger partial charge in [-0.2, -0.15) is 13.5 Å². The van der Waals surface area contributed by atoms with E-state index in [0.29, 0.717) is 29.9 Å². The zero-order valence-electron chi connectivity index (χ0n) is 26.2. The fourth-order valence-corrected chi connectivity index (χ4v) is 6.09. The van der Waals surface area contributed by atoms with Gasteiger partial charge in [-0.15, -0.1) is 15.6 Å². The number of β-lactam (4-membered cyclic amide) rings is 1. The number of ketones is 1. The van der Waals surface area contributed by atoms with Crippen LogP contribution in [0.5, 0.6) is 5.75 Å². The number of carbonyl (C=O) groups is 2. The second kappa shape index (κ2) is 14.7. The van der Waals surface area contributed by atoms with Crippen molar-refractivity contribution in [1.29, 1.82) is 0 Å². The summed E-state index contributed by atoms with van der Waals surface area (Å²) < 4.78 is 41.4. The molecule has 1 atom stereocenters. The van der Waals surface area contributed by atoms with Gasteiger partial charge in [-0.3, -0.25) is 19.1 Å². The largest absolute Gasteiger partial charge is 0.490 e. The van der Waals surface area contributed by atoms with E-state index in [4.69, 9.17) is 25.6 Å². The van der Waals surface area contributed by atoms with Crippen LogP contribution in [0.4, 0.5) is 5.13 Å². The third-order valence-electron chi connectivity index (χ3n) is 7.61. The number of nitrogens with two attached hydrogens (primary N) is 2. The number of amides is 1. The molecule has 0 bridgehead atoms. The van der Waals surface area contributed by atoms with Gasteiger partial charge in [0, 0.05) is 31.4 Å². The first-order chi connectivity index (χ1) is 21.7. The first kappa shape index (κ1) is 35.0. The molecular formula is C28H40N8O8S2. The summed E-state index contributed by atoms with van der Waals surface area (Å²) in [6, 6.07) is 5.86. The molecule has 18 heteroatoms. The van der Waals surface area contributed by atoms with Gasteiger partial charge >= 0.3 is 10.4 Å². The quantitative estimate of drug-likeness (QED) is 0.0600. The summed E-state index contributed by atoms with van der Waals surface area (Å²) in [6.45, 7) is 6.21. The summed E-state index contributed by atoms with van der Waals surface area (Å²) >= 11 is 1.10. The molecule has 0 unspecified atom stereocenters. The fourth-order valence-electron chi connectivity index (χ4n) is 5.09. The molecule has 1 aromatic carbocycles. The zero-order valence-corrected chi connectivity index (χ0v) is 27.8. The number of rotatable bonds is 15. The molecule has 2 aliphatic heterocycles. The van der Waals surface area contributed by atoms with Crippen molar-refractivity contribution >= 4 is 50.2 Å². The Balaban J connectivity index is 1.31. The number of nitrogens with zero attached hydrogens (tertiary/aromatic N) is 6. The number of anilines is 1. The predicted molar refractivity (Wildman–Crippen MR) is 171 cm³/mol. The molecule has 3 heterocycles. The van der Waals surface area contributed by atoms with Gasteiger partial charge in [0.05, 0.1) is 11.5 Å². The van der Waals surface area contributed by atoms with Crippen molar-refractivity contribution in [3.63, 3.8) is 0 Å². The minimum absolute atomic E-state index is 0.00586. The van der Waals surface area contributed by atoms with Crippen LogP contribution in [-0.4, -0.2) is 109 Å². The number of oxime groups is 1. The number of benzene rings is 1. The highest BCUT2D eigenvalue weighted by molar-refractivity contribution is 7.80. The third-order valence-corrected chi connectivity index (χ3v) is 8.62. The number of fused-ring (bicyclic) bond motifs is 1. The molecule has 2 aliphatic rings. The number of thiazole rings is 1. The maximum atomic E-state index is 13.2. The lowest BCUT2D eigenvalue weighted by Gasteiger charge is -2.50. The number of aliphatic imine (C=N–C) groups is 1. The van der Waals surface area contributed by atoms with Crippen LogP contribution < -0.4 is 16.2 Å². The van der Waals surface area contributed by atoms with Crippen LogP contribution in [-0.2, 0) is 42.1 Å². The summed E-state index contributed by atoms with van der Waals surface area (Å²) in [5.41, 5.74) is 13.1. The molecule has 1 fully saturated rings. The smallest absolute Gasteiger partial charge is 0.418 e. The molecule has 252 valence electrons. The van der Waals surface area contributed by atoms with Crippen molar-refractivity contribution in [2.24, 2.45) is 21.8 Å². The number of nitrogen functional groups attached to an aromatic ring is 1. The lowest BCUT2D eigenvalue weighted by molar-refractivity contribution is -0.228. The van der Waals surface area contributed by atoms with Gasteiger partial charge in [-0.25, -0.2) is 4.98 Å². The highest BCUT2D eigenvalue weighted by Crippen LogP contribution is 2.40. The maximum Gasteiger partial charge on any atom is 0.418 e. The molecular weight excluding hydrogens is 640 g/mol. The number of aromatic nitrogens is 1. The Bertz CT molecular complexity index is 1590. The minimum atomic E-state index is -4.92. The molecule has 0 radical (unpaired) electrons. The number of guanidine groups is 1. The molecule has 4 rings (SSSR count). The Morgan fingerprint density at radius 3 is 2.67 bits per heavy atom. The Kier molecular flexibility index (Phi) is 11.2. The number of hydrogen-bond acceptors (Lipinski definition) is 13. The van der Waals surface area contributed by atoms with Gasteiger partial charge in [0.25, 0.3) is 5.91 Å². The summed E-state index contributed by atoms with van der Waals surface area (Å²) in [5, 5.41) is 6.24. The first-order valence-electron chi connectivity index (χ1n) is 14.6. The average Bonchev–Trinajstić information content (AvgIpc) is 3.42. The molecule has 1 amide bonds. The topological polar surface area (TPSA) is 216 Å². The van der Waals surface area contributed by atoms with Crippen LogP contribution in [0.25, 0.3) is 0 Å². The van der Waals surface area contributed by atoms with Gasteiger partial charge in [-0.1, -0.05) is 11.2 Å². The lowest BCUT2D eigenvalue weighted by Crippen LogP contribution is -2.68. The lowest BCUT2D eigenvalue weighted by atomic mass is 9.74. The highest BCUT2D eigenvalue weighted by Gasteiger charge is 2.57. The van der Waals surface area contributed by atoms with Crippen LogP contribution in [0, 0.1) is 5.92 Å². The molecule has 1 aromatic heterocycles. The van der Waals surface area contributed by atoms with E-state index in [1.807, 2.05) is 32.3 Å². The molecule has 1 saturated heterocycles. The van der Waals surface area contributed by atoms with Gasteiger partial charge in [-0.05, 0) is 70.6 Å². The molecule has 2 aromatic rings. The molecule has 5 N–H and O–H groups in total. The molecule has 16 nitrogen and oxygen atoms in total. The minimum Gasteiger partial charge on any atom is -0.490 e. The van der Waals surface area contributed by atoms with Crippen molar-refractivity contribution in [1.82, 2.24) is 19.8 Å². The number of carbonyl (C=O) groups excluding carboxylic acids is 2. The molecule has 0 saturated carbocycles. The van der Waals surface area contributed by atoms with E-state index in [9.17, 15) is 18.0 Å². The standard InChI is InChI=1S/C28H40N8O8S2/c1-28(2)21(25(38)36(28)44-46(39,40)41)15-23(37)24(22-17-45-27(30)32-22)33-43-13-12-42-20-7-6-19-16-35(11-8-18(19)14-20)26(29)31-9-5-10-34(3)4/h6-7,14,17,21H,5,8-13,15-16H2,1-4H3,(H2,29,31)(H2,30,32)(H,39,40,41)/b33-24-/t21-/m1/s1. The second-order valence-corrected chi connectivity index (χ2v) is 13.6. The van der Waals surface area contributed by atoms with Crippen LogP contribution in [0.2, 0.25) is 0 Å². The van der Waals surface area contributed by atoms with Crippen molar-refractivity contribution in [2.75, 3.05) is 52.7 Å². The van der Waals surface area contributed by atoms with E-state index in [1.165, 1.54) is 19.2 Å². The van der Waals surface area contributed by atoms with E-state index in [-0.39, 0.29) is 36.2 Å². The Hall–Kier alpha value is -3.84. The number of ether oxygens (including phenoxy) is 1. The summed E-state index contributed by atoms with van der Waals surface area (Å²) in [5.74, 6) is -1.09. The van der Waals surface area contributed by atoms with Gasteiger partial charge < -0.3 is 30.8 Å². The number of Topliss-reactive ketones (excluding diaryl/α,β-unsaturated/α-hetero) is 1. The van der Waals surface area contributed by atoms with E-state index in [0.717, 1.165) is 48.4 Å². The SMILES string of the molecule is CN(C)CCCN=C(N)N1CCc2cc(OCCO/N=C(\C(=O)C[C@@H]3C(=O)N(OS(=O)(=O)O)C3(C)C)c3csc(N)n3)ccc2C1. The normalized spacial score (nSPS) is 18.4. The first-order valence-corrected chi connectivity index (χ1v) is 16.8. The zero-order chi connectivity index (χ0) is 33.6. The number of hydroxylamine groups is 2. The third kappa shape index (κ3) is 8.91. The van der Waals surface area contributed by atoms with E-state index < -0.39 is 33.5 Å². The highest BCUT2D eigenvalue weighted by atomic mass is 32.3. The monoisotopic (exact) mass is 680 g/mol. The van der Waals surface area contributed by atoms with E-state index in [2.05, 4.69) is 29.2 Å². The van der Waals surface area contributed by atoms with Crippen molar-refractivity contribution in [3.05, 3.63) is 40.4 Å². The maximum absolute atomic E-state index is 13.2. The molecule has 46 heavy (non-hydrogen) atoms. The molecule has 0 aliphatic carbocycles. The van der Waals surface area contributed by atoms with Crippen molar-refractivity contribution < 1.29 is 36.4 Å². The summed E-state index contributed by atoms with van der Waals surface area (Å²) in [4.78, 5) is 44.0. The van der Waals surface area contributed by atoms with Crippen LogP contribution in [0.15, 0.2) is 33.7 Å². The summed E-state index contributed by atoms with van der Waals surface area (Å²) in [6.07, 6.45) is 1.40. The Morgan fingerprint density at radius 2 is 2.02 bits per heavy atom. The van der Waals surface area contributed by atoms with Crippen LogP contribution >= 0.6 is 11.3 Å². The van der Waals surface area contributed by atoms with Gasteiger partial charge in [0.15, 0.2) is 29.2 Å². The van der Waals surface area contributed by atoms with Crippen LogP contribution in [0.1, 0.15) is 43.5 Å². The summed E-state index contributed by atoms with van der Waals surface area (Å²) in [7, 11) is -0.860. The number of hydrogen-bond donors (Lipinski definition) is 3.